The van der Waals surface area contributed by atoms with Crippen LogP contribution in [0.5, 0.6) is 0 Å². The van der Waals surface area contributed by atoms with Crippen molar-refractivity contribution in [2.45, 2.75) is 6.54 Å². The van der Waals surface area contributed by atoms with Crippen molar-refractivity contribution in [2.75, 3.05) is 40.3 Å². The molecule has 0 spiro atoms. The molecule has 0 radical (unpaired) electrons. The zero-order chi connectivity index (χ0) is 20.4. The lowest BCUT2D eigenvalue weighted by molar-refractivity contribution is 0.0650. The van der Waals surface area contributed by atoms with Gasteiger partial charge in [0.15, 0.2) is 5.65 Å². The Morgan fingerprint density at radius 3 is 2.38 bits per heavy atom. The van der Waals surface area contributed by atoms with Crippen molar-refractivity contribution in [3.8, 4) is 0 Å². The number of fused-ring (bicyclic) bond motifs is 1. The first kappa shape index (κ1) is 18.9. The van der Waals surface area contributed by atoms with E-state index >= 15 is 0 Å². The molecule has 3 heterocycles. The van der Waals surface area contributed by atoms with E-state index in [1.165, 1.54) is 0 Å². The molecule has 1 fully saturated rings. The van der Waals surface area contributed by atoms with Gasteiger partial charge in [-0.05, 0) is 11.6 Å². The van der Waals surface area contributed by atoms with E-state index in [0.29, 0.717) is 38.3 Å². The van der Waals surface area contributed by atoms with E-state index in [9.17, 15) is 9.59 Å². The Bertz CT molecular complexity index is 1020. The molecule has 1 aromatic carbocycles. The molecule has 0 saturated carbocycles. The topological polar surface area (TPSA) is 74.6 Å². The van der Waals surface area contributed by atoms with Crippen molar-refractivity contribution in [2.24, 2.45) is 0 Å². The second kappa shape index (κ2) is 7.90. The molecule has 3 aromatic rings. The SMILES string of the molecule is CN(C)C(=O)N1CCN(C(=O)c2cnc3c(cnn3Cc3ccccc3)c2)CC1. The molecule has 1 aliphatic heterocycles. The van der Waals surface area contributed by atoms with E-state index < -0.39 is 0 Å². The van der Waals surface area contributed by atoms with Crippen LogP contribution in [0.3, 0.4) is 0 Å². The molecule has 0 bridgehead atoms. The summed E-state index contributed by atoms with van der Waals surface area (Å²) >= 11 is 0. The van der Waals surface area contributed by atoms with Gasteiger partial charge in [0.2, 0.25) is 0 Å². The van der Waals surface area contributed by atoms with Gasteiger partial charge in [0.25, 0.3) is 5.91 Å². The molecule has 1 aliphatic rings. The summed E-state index contributed by atoms with van der Waals surface area (Å²) in [6, 6.07) is 11.9. The Kier molecular flexibility index (Phi) is 5.16. The quantitative estimate of drug-likeness (QED) is 0.683. The van der Waals surface area contributed by atoms with Gasteiger partial charge in [0.1, 0.15) is 0 Å². The highest BCUT2D eigenvalue weighted by molar-refractivity contribution is 5.97. The van der Waals surface area contributed by atoms with E-state index in [4.69, 9.17) is 0 Å². The lowest BCUT2D eigenvalue weighted by atomic mass is 10.2. The van der Waals surface area contributed by atoms with E-state index in [1.807, 2.05) is 41.1 Å². The minimum atomic E-state index is -0.0628. The molecule has 0 N–H and O–H groups in total. The predicted molar refractivity (Wildman–Crippen MR) is 110 cm³/mol. The molecule has 150 valence electrons. The summed E-state index contributed by atoms with van der Waals surface area (Å²) in [4.78, 5) is 34.5. The van der Waals surface area contributed by atoms with Crippen molar-refractivity contribution in [1.82, 2.24) is 29.5 Å². The summed E-state index contributed by atoms with van der Waals surface area (Å²) < 4.78 is 1.84. The fraction of sp³-hybridized carbons (Fsp3) is 0.333. The van der Waals surface area contributed by atoms with Crippen molar-refractivity contribution in [3.05, 3.63) is 59.9 Å². The Morgan fingerprint density at radius 1 is 1.00 bits per heavy atom. The second-order valence-electron chi connectivity index (χ2n) is 7.38. The number of carbonyl (C=O) groups is 2. The van der Waals surface area contributed by atoms with Crippen molar-refractivity contribution in [3.63, 3.8) is 0 Å². The molecule has 0 aliphatic carbocycles. The number of benzene rings is 1. The highest BCUT2D eigenvalue weighted by Crippen LogP contribution is 2.17. The average molecular weight is 392 g/mol. The highest BCUT2D eigenvalue weighted by atomic mass is 16.2. The molecular weight excluding hydrogens is 368 g/mol. The fourth-order valence-corrected chi connectivity index (χ4v) is 3.53. The molecule has 8 nitrogen and oxygen atoms in total. The highest BCUT2D eigenvalue weighted by Gasteiger charge is 2.26. The molecule has 4 rings (SSSR count). The standard InChI is InChI=1S/C21H24N6O2/c1-24(2)21(29)26-10-8-25(9-11-26)20(28)18-12-17-14-23-27(19(17)22-13-18)15-16-6-4-3-5-7-16/h3-7,12-14H,8-11,15H2,1-2H3. The van der Waals surface area contributed by atoms with Crippen LogP contribution in [0.1, 0.15) is 15.9 Å². The largest absolute Gasteiger partial charge is 0.335 e. The summed E-state index contributed by atoms with van der Waals surface area (Å²) in [6.45, 7) is 2.74. The van der Waals surface area contributed by atoms with Crippen LogP contribution in [0.2, 0.25) is 0 Å². The Morgan fingerprint density at radius 2 is 1.69 bits per heavy atom. The van der Waals surface area contributed by atoms with Gasteiger partial charge in [-0.15, -0.1) is 0 Å². The zero-order valence-electron chi connectivity index (χ0n) is 16.7. The predicted octanol–water partition coefficient (Wildman–Crippen LogP) is 1.92. The first-order valence-corrected chi connectivity index (χ1v) is 9.64. The summed E-state index contributed by atoms with van der Waals surface area (Å²) in [6.07, 6.45) is 3.36. The van der Waals surface area contributed by atoms with Crippen LogP contribution in [-0.4, -0.2) is 81.7 Å². The van der Waals surface area contributed by atoms with Crippen LogP contribution < -0.4 is 0 Å². The maximum Gasteiger partial charge on any atom is 0.319 e. The van der Waals surface area contributed by atoms with Crippen molar-refractivity contribution < 1.29 is 9.59 Å². The van der Waals surface area contributed by atoms with Crippen molar-refractivity contribution >= 4 is 23.0 Å². The molecule has 2 aromatic heterocycles. The van der Waals surface area contributed by atoms with Gasteiger partial charge < -0.3 is 14.7 Å². The fourth-order valence-electron chi connectivity index (χ4n) is 3.53. The van der Waals surface area contributed by atoms with Gasteiger partial charge in [-0.2, -0.15) is 5.10 Å². The number of urea groups is 1. The number of rotatable bonds is 3. The Hall–Kier alpha value is -3.42. The molecule has 8 heteroatoms. The summed E-state index contributed by atoms with van der Waals surface area (Å²) in [5, 5.41) is 5.27. The maximum absolute atomic E-state index is 12.9. The Balaban J connectivity index is 1.46. The van der Waals surface area contributed by atoms with E-state index in [1.54, 1.807) is 41.2 Å². The monoisotopic (exact) mass is 392 g/mol. The molecule has 3 amide bonds. The van der Waals surface area contributed by atoms with E-state index in [0.717, 1.165) is 16.6 Å². The number of amides is 3. The molecule has 0 unspecified atom stereocenters. The first-order chi connectivity index (χ1) is 14.0. The molecule has 0 atom stereocenters. The third-order valence-electron chi connectivity index (χ3n) is 5.12. The van der Waals surface area contributed by atoms with Gasteiger partial charge in [0.05, 0.1) is 18.3 Å². The van der Waals surface area contributed by atoms with Crippen molar-refractivity contribution in [1.29, 1.82) is 0 Å². The first-order valence-electron chi connectivity index (χ1n) is 9.64. The normalized spacial score (nSPS) is 14.3. The number of carbonyl (C=O) groups excluding carboxylic acids is 2. The molecule has 29 heavy (non-hydrogen) atoms. The third kappa shape index (κ3) is 3.91. The number of nitrogens with zero attached hydrogens (tertiary/aromatic N) is 6. The van der Waals surface area contributed by atoms with Crippen LogP contribution in [0.15, 0.2) is 48.8 Å². The third-order valence-corrected chi connectivity index (χ3v) is 5.12. The van der Waals surface area contributed by atoms with E-state index in [-0.39, 0.29) is 11.9 Å². The molecule has 1 saturated heterocycles. The van der Waals surface area contributed by atoms with Gasteiger partial charge in [-0.3, -0.25) is 4.79 Å². The zero-order valence-corrected chi connectivity index (χ0v) is 16.7. The van der Waals surface area contributed by atoms with Gasteiger partial charge in [-0.1, -0.05) is 30.3 Å². The number of hydrogen-bond donors (Lipinski definition) is 0. The summed E-state index contributed by atoms with van der Waals surface area (Å²) in [7, 11) is 3.47. The van der Waals surface area contributed by atoms with Gasteiger partial charge >= 0.3 is 6.03 Å². The minimum Gasteiger partial charge on any atom is -0.335 e. The van der Waals surface area contributed by atoms with Gasteiger partial charge in [-0.25, -0.2) is 14.5 Å². The maximum atomic E-state index is 12.9. The van der Waals surface area contributed by atoms with Crippen LogP contribution in [0.25, 0.3) is 11.0 Å². The van der Waals surface area contributed by atoms with Crippen LogP contribution in [-0.2, 0) is 6.54 Å². The second-order valence-corrected chi connectivity index (χ2v) is 7.38. The number of aromatic nitrogens is 3. The lowest BCUT2D eigenvalue weighted by Gasteiger charge is -2.35. The summed E-state index contributed by atoms with van der Waals surface area (Å²) in [5.41, 5.74) is 2.44. The van der Waals surface area contributed by atoms with Gasteiger partial charge in [0, 0.05) is 51.9 Å². The van der Waals surface area contributed by atoms with Crippen LogP contribution in [0, 0.1) is 0 Å². The number of pyridine rings is 1. The molecular formula is C21H24N6O2. The number of hydrogen-bond acceptors (Lipinski definition) is 4. The lowest BCUT2D eigenvalue weighted by Crippen LogP contribution is -2.52. The Labute approximate surface area is 169 Å². The van der Waals surface area contributed by atoms with E-state index in [2.05, 4.69) is 10.1 Å². The van der Waals surface area contributed by atoms with Crippen LogP contribution in [0.4, 0.5) is 4.79 Å². The smallest absolute Gasteiger partial charge is 0.319 e. The minimum absolute atomic E-state index is 0.0222. The summed E-state index contributed by atoms with van der Waals surface area (Å²) in [5.74, 6) is -0.0628. The number of piperazine rings is 1. The van der Waals surface area contributed by atoms with Crippen LogP contribution >= 0.6 is 0 Å². The average Bonchev–Trinajstić information content (AvgIpc) is 3.15.